The van der Waals surface area contributed by atoms with Crippen LogP contribution in [0, 0.1) is 11.8 Å². The number of rotatable bonds is 8. The topological polar surface area (TPSA) is 132 Å². The van der Waals surface area contributed by atoms with Gasteiger partial charge in [-0.15, -0.1) is 5.10 Å². The maximum atomic E-state index is 13.5. The molecular weight excluding hydrogens is 604 g/mol. The molecule has 0 unspecified atom stereocenters. The number of aromatic nitrogens is 3. The molecule has 1 amide bonds. The Bertz CT molecular complexity index is 1780. The molecule has 0 spiro atoms. The van der Waals surface area contributed by atoms with E-state index in [2.05, 4.69) is 15.6 Å². The molecule has 1 aromatic heterocycles. The zero-order valence-corrected chi connectivity index (χ0v) is 25.4. The predicted octanol–water partition coefficient (Wildman–Crippen LogP) is 4.15. The molecule has 2 aliphatic heterocycles. The Morgan fingerprint density at radius 3 is 2.42 bits per heavy atom. The number of methoxy groups -OCH3 is 3. The quantitative estimate of drug-likeness (QED) is 0.283. The first-order valence-electron chi connectivity index (χ1n) is 14.2. The fourth-order valence-electron chi connectivity index (χ4n) is 6.55. The van der Waals surface area contributed by atoms with Gasteiger partial charge < -0.3 is 33.7 Å². The van der Waals surface area contributed by atoms with Crippen molar-refractivity contribution in [2.45, 2.75) is 18.5 Å². The van der Waals surface area contributed by atoms with E-state index < -0.39 is 17.9 Å². The second-order valence-electron chi connectivity index (χ2n) is 10.9. The number of cyclic esters (lactones) is 1. The average Bonchev–Trinajstić information content (AvgIpc) is 3.80. The van der Waals surface area contributed by atoms with Crippen LogP contribution >= 0.6 is 11.6 Å². The lowest BCUT2D eigenvalue weighted by Gasteiger charge is -2.39. The van der Waals surface area contributed by atoms with E-state index in [1.54, 1.807) is 32.5 Å². The van der Waals surface area contributed by atoms with Crippen molar-refractivity contribution in [2.75, 3.05) is 34.7 Å². The number of amides is 1. The van der Waals surface area contributed by atoms with Crippen LogP contribution in [0.25, 0.3) is 11.3 Å². The molecule has 3 aliphatic rings. The number of fused-ring (bicyclic) bond motifs is 3. The Balaban J connectivity index is 1.26. The third kappa shape index (κ3) is 5.04. The van der Waals surface area contributed by atoms with Crippen molar-refractivity contribution in [1.29, 1.82) is 0 Å². The minimum Gasteiger partial charge on any atom is -0.493 e. The fraction of sp³-hybridized carbons (Fsp3) is 0.312. The zero-order chi connectivity index (χ0) is 31.2. The SMILES string of the molecule is COc1cc([C@@H]2c3cc4c(cc3[C@@H](NC(=O)Cn3cc(-c5cccc(Cl)c5)nn3)[C@H]3COC(=O)[C@H]23)OCO4)cc(OC)c1OC. The molecule has 0 saturated carbocycles. The number of benzene rings is 3. The van der Waals surface area contributed by atoms with Crippen molar-refractivity contribution in [3.05, 3.63) is 76.4 Å². The molecule has 45 heavy (non-hydrogen) atoms. The molecule has 1 N–H and O–H groups in total. The maximum absolute atomic E-state index is 13.5. The molecule has 13 heteroatoms. The third-order valence-electron chi connectivity index (χ3n) is 8.51. The van der Waals surface area contributed by atoms with Gasteiger partial charge in [-0.1, -0.05) is 28.9 Å². The van der Waals surface area contributed by atoms with Crippen LogP contribution in [0.5, 0.6) is 28.7 Å². The van der Waals surface area contributed by atoms with E-state index in [0.717, 1.165) is 22.3 Å². The first-order chi connectivity index (χ1) is 21.9. The van der Waals surface area contributed by atoms with Gasteiger partial charge in [-0.05, 0) is 53.1 Å². The zero-order valence-electron chi connectivity index (χ0n) is 24.6. The van der Waals surface area contributed by atoms with Crippen LogP contribution in [0.4, 0.5) is 0 Å². The van der Waals surface area contributed by atoms with Crippen molar-refractivity contribution >= 4 is 23.5 Å². The highest BCUT2D eigenvalue weighted by Crippen LogP contribution is 2.55. The van der Waals surface area contributed by atoms with Gasteiger partial charge in [-0.3, -0.25) is 9.59 Å². The highest BCUT2D eigenvalue weighted by atomic mass is 35.5. The summed E-state index contributed by atoms with van der Waals surface area (Å²) in [5.74, 6) is 0.330. The summed E-state index contributed by atoms with van der Waals surface area (Å²) in [6, 6.07) is 14.1. The van der Waals surface area contributed by atoms with E-state index in [1.807, 2.05) is 36.4 Å². The molecule has 0 bridgehead atoms. The summed E-state index contributed by atoms with van der Waals surface area (Å²) < 4.78 is 35.4. The molecule has 4 aromatic rings. The lowest BCUT2D eigenvalue weighted by atomic mass is 9.65. The second-order valence-corrected chi connectivity index (χ2v) is 11.4. The van der Waals surface area contributed by atoms with Gasteiger partial charge in [0, 0.05) is 22.4 Å². The van der Waals surface area contributed by atoms with Crippen LogP contribution in [0.3, 0.4) is 0 Å². The van der Waals surface area contributed by atoms with Crippen molar-refractivity contribution in [3.8, 4) is 40.0 Å². The van der Waals surface area contributed by atoms with Crippen LogP contribution in [0.1, 0.15) is 28.7 Å². The van der Waals surface area contributed by atoms with Gasteiger partial charge in [0.05, 0.1) is 46.1 Å². The minimum atomic E-state index is -0.619. The number of hydrogen-bond donors (Lipinski definition) is 1. The first kappa shape index (κ1) is 28.8. The molecule has 1 saturated heterocycles. The standard InChI is InChI=1S/C32H29ClN4O8/c1-40-25-8-17(9-26(41-2)31(25)42-3)28-19-10-23-24(45-15-44-23)11-20(19)30(21-14-43-32(39)29(21)28)34-27(38)13-37-12-22(35-36-37)16-5-4-6-18(33)7-16/h4-12,21,28-30H,13-15H2,1-3H3,(H,34,38)/t21-,28+,29-,30+/m0/s1. The molecule has 1 aliphatic carbocycles. The third-order valence-corrected chi connectivity index (χ3v) is 8.75. The largest absolute Gasteiger partial charge is 0.493 e. The van der Waals surface area contributed by atoms with Crippen LogP contribution < -0.4 is 29.0 Å². The molecule has 1 fully saturated rings. The van der Waals surface area contributed by atoms with Crippen molar-refractivity contribution in [2.24, 2.45) is 11.8 Å². The number of halogens is 1. The maximum Gasteiger partial charge on any atom is 0.310 e. The smallest absolute Gasteiger partial charge is 0.310 e. The van der Waals surface area contributed by atoms with Crippen LogP contribution in [0.2, 0.25) is 5.02 Å². The Hall–Kier alpha value is -4.97. The number of nitrogens with zero attached hydrogens (tertiary/aromatic N) is 3. The first-order valence-corrected chi connectivity index (χ1v) is 14.6. The lowest BCUT2D eigenvalue weighted by molar-refractivity contribution is -0.141. The number of carbonyl (C=O) groups excluding carboxylic acids is 2. The molecule has 232 valence electrons. The Labute approximate surface area is 263 Å². The number of carbonyl (C=O) groups is 2. The van der Waals surface area contributed by atoms with Crippen molar-refractivity contribution in [1.82, 2.24) is 20.3 Å². The molecular formula is C32H29ClN4O8. The average molecular weight is 633 g/mol. The normalized spacial score (nSPS) is 21.0. The van der Waals surface area contributed by atoms with E-state index >= 15 is 0 Å². The number of esters is 1. The Kier molecular flexibility index (Phi) is 7.36. The summed E-state index contributed by atoms with van der Waals surface area (Å²) in [7, 11) is 4.62. The van der Waals surface area contributed by atoms with Gasteiger partial charge in [-0.2, -0.15) is 0 Å². The number of nitrogens with one attached hydrogen (secondary N) is 1. The molecule has 12 nitrogen and oxygen atoms in total. The van der Waals surface area contributed by atoms with E-state index in [1.165, 1.54) is 11.8 Å². The van der Waals surface area contributed by atoms with E-state index in [0.29, 0.717) is 39.5 Å². The van der Waals surface area contributed by atoms with Gasteiger partial charge in [0.1, 0.15) is 12.2 Å². The lowest BCUT2D eigenvalue weighted by Crippen LogP contribution is -2.43. The summed E-state index contributed by atoms with van der Waals surface area (Å²) in [5.41, 5.74) is 3.73. The predicted molar refractivity (Wildman–Crippen MR) is 160 cm³/mol. The van der Waals surface area contributed by atoms with Gasteiger partial charge in [0.15, 0.2) is 23.0 Å². The highest BCUT2D eigenvalue weighted by Gasteiger charge is 2.53. The number of ether oxygens (including phenoxy) is 6. The van der Waals surface area contributed by atoms with E-state index in [9.17, 15) is 9.59 Å². The molecule has 0 radical (unpaired) electrons. The summed E-state index contributed by atoms with van der Waals surface area (Å²) in [6.45, 7) is 0.109. The van der Waals surface area contributed by atoms with Gasteiger partial charge >= 0.3 is 5.97 Å². The van der Waals surface area contributed by atoms with E-state index in [4.69, 9.17) is 40.0 Å². The minimum absolute atomic E-state index is 0.0697. The summed E-state index contributed by atoms with van der Waals surface area (Å²) in [6.07, 6.45) is 1.68. The molecule has 3 heterocycles. The van der Waals surface area contributed by atoms with Crippen molar-refractivity contribution < 1.29 is 38.0 Å². The summed E-state index contributed by atoms with van der Waals surface area (Å²) >= 11 is 6.13. The van der Waals surface area contributed by atoms with Gasteiger partial charge in [0.2, 0.25) is 18.4 Å². The van der Waals surface area contributed by atoms with Crippen LogP contribution in [-0.2, 0) is 20.9 Å². The van der Waals surface area contributed by atoms with Crippen LogP contribution in [0.15, 0.2) is 54.7 Å². The summed E-state index contributed by atoms with van der Waals surface area (Å²) in [4.78, 5) is 27.0. The monoisotopic (exact) mass is 632 g/mol. The van der Waals surface area contributed by atoms with Gasteiger partial charge in [-0.25, -0.2) is 4.68 Å². The Morgan fingerprint density at radius 2 is 1.73 bits per heavy atom. The van der Waals surface area contributed by atoms with Crippen LogP contribution in [-0.4, -0.2) is 61.6 Å². The molecule has 7 rings (SSSR count). The van der Waals surface area contributed by atoms with Gasteiger partial charge in [0.25, 0.3) is 0 Å². The summed E-state index contributed by atoms with van der Waals surface area (Å²) in [5, 5.41) is 12.1. The fourth-order valence-corrected chi connectivity index (χ4v) is 6.74. The molecule has 3 aromatic carbocycles. The Morgan fingerprint density at radius 1 is 1.00 bits per heavy atom. The molecule has 4 atom stereocenters. The second kappa shape index (κ2) is 11.5. The van der Waals surface area contributed by atoms with Crippen molar-refractivity contribution in [3.63, 3.8) is 0 Å². The van der Waals surface area contributed by atoms with E-state index in [-0.39, 0.29) is 37.7 Å². The highest BCUT2D eigenvalue weighted by molar-refractivity contribution is 6.30. The number of hydrogen-bond acceptors (Lipinski definition) is 10.